The zero-order valence-corrected chi connectivity index (χ0v) is 17.8. The van der Waals surface area contributed by atoms with Gasteiger partial charge in [0.1, 0.15) is 0 Å². The van der Waals surface area contributed by atoms with Gasteiger partial charge in [-0.25, -0.2) is 8.42 Å². The fraction of sp³-hybridized carbons (Fsp3) is 0.222. The smallest absolute Gasteiger partial charge is 0.436 e. The summed E-state index contributed by atoms with van der Waals surface area (Å²) in [5.74, 6) is 5.78. The van der Waals surface area contributed by atoms with Gasteiger partial charge in [-0.2, -0.15) is 4.97 Å². The molecule has 0 heterocycles. The zero-order chi connectivity index (χ0) is 21.6. The average molecular weight is 435 g/mol. The zero-order valence-electron chi connectivity index (χ0n) is 16.2. The van der Waals surface area contributed by atoms with Crippen LogP contribution in [0, 0.1) is 11.8 Å². The number of anilines is 1. The Balaban J connectivity index is 2.12. The van der Waals surface area contributed by atoms with E-state index in [1.165, 1.54) is 30.8 Å². The molecular formula is C18H21B2ClN2O5S. The van der Waals surface area contributed by atoms with Crippen LogP contribution in [0.3, 0.4) is 0 Å². The van der Waals surface area contributed by atoms with E-state index in [0.717, 1.165) is 0 Å². The minimum Gasteiger partial charge on any atom is -0.436 e. The molecule has 0 aliphatic rings. The van der Waals surface area contributed by atoms with Crippen molar-refractivity contribution in [2.45, 2.75) is 31.5 Å². The number of hydrogen-bond acceptors (Lipinski definition) is 6. The van der Waals surface area contributed by atoms with E-state index < -0.39 is 30.2 Å². The first kappa shape index (κ1) is 23.3. The average Bonchev–Trinajstić information content (AvgIpc) is 2.66. The molecule has 3 N–H and O–H groups in total. The lowest BCUT2D eigenvalue weighted by Crippen LogP contribution is -2.46. The number of hydrogen-bond donors (Lipinski definition) is 3. The van der Waals surface area contributed by atoms with Gasteiger partial charge in [-0.3, -0.25) is 4.72 Å². The van der Waals surface area contributed by atoms with Crippen molar-refractivity contribution >= 4 is 41.5 Å². The van der Waals surface area contributed by atoms with Crippen molar-refractivity contribution in [3.8, 4) is 11.8 Å². The molecule has 152 valence electrons. The number of rotatable bonds is 7. The summed E-state index contributed by atoms with van der Waals surface area (Å²) in [6, 6.07) is 11.9. The maximum Gasteiger partial charge on any atom is 0.467 e. The van der Waals surface area contributed by atoms with E-state index >= 15 is 0 Å². The molecule has 7 nitrogen and oxygen atoms in total. The molecule has 0 saturated heterocycles. The Morgan fingerprint density at radius 3 is 2.21 bits per heavy atom. The van der Waals surface area contributed by atoms with Crippen molar-refractivity contribution in [2.75, 3.05) is 4.72 Å². The highest BCUT2D eigenvalue weighted by Crippen LogP contribution is 2.18. The molecule has 1 unspecified atom stereocenters. The lowest BCUT2D eigenvalue weighted by atomic mass is 9.85. The molecule has 0 bridgehead atoms. The summed E-state index contributed by atoms with van der Waals surface area (Å²) >= 11 is 5.80. The Morgan fingerprint density at radius 2 is 1.69 bits per heavy atom. The number of nitrogens with one attached hydrogen (secondary N) is 1. The lowest BCUT2D eigenvalue weighted by Gasteiger charge is -2.26. The van der Waals surface area contributed by atoms with Crippen molar-refractivity contribution in [1.29, 1.82) is 0 Å². The molecule has 0 saturated carbocycles. The summed E-state index contributed by atoms with van der Waals surface area (Å²) in [5.41, 5.74) is 0.994. The molecule has 2 aromatic carbocycles. The predicted octanol–water partition coefficient (Wildman–Crippen LogP) is 2.33. The van der Waals surface area contributed by atoms with Gasteiger partial charge in [-0.05, 0) is 69.1 Å². The van der Waals surface area contributed by atoms with Gasteiger partial charge in [-0.15, -0.1) is 0 Å². The fourth-order valence-electron chi connectivity index (χ4n) is 2.38. The van der Waals surface area contributed by atoms with Gasteiger partial charge < -0.3 is 14.8 Å². The van der Waals surface area contributed by atoms with Crippen molar-refractivity contribution in [3.63, 3.8) is 0 Å². The quantitative estimate of drug-likeness (QED) is 0.351. The maximum atomic E-state index is 12.5. The van der Waals surface area contributed by atoms with E-state index in [1.807, 2.05) is 0 Å². The molecule has 2 rings (SSSR count). The molecule has 11 heteroatoms. The van der Waals surface area contributed by atoms with Gasteiger partial charge in [-0.1, -0.05) is 23.4 Å². The number of halogens is 1. The number of benzene rings is 2. The Morgan fingerprint density at radius 1 is 1.10 bits per heavy atom. The largest absolute Gasteiger partial charge is 0.467 e. The summed E-state index contributed by atoms with van der Waals surface area (Å²) in [5, 5.41) is 19.6. The SMILES string of the molecule is CB(O)ON(B(C)O)C(C)C#Cc1ccc(S(=O)(=O)Nc2ccc(Cl)cc2)cc1. The molecule has 0 amide bonds. The second-order valence-corrected chi connectivity index (χ2v) is 8.40. The molecule has 2 aromatic rings. The van der Waals surface area contributed by atoms with E-state index in [9.17, 15) is 18.5 Å². The first-order chi connectivity index (χ1) is 13.6. The second-order valence-electron chi connectivity index (χ2n) is 6.28. The van der Waals surface area contributed by atoms with Crippen molar-refractivity contribution in [3.05, 3.63) is 59.1 Å². The third-order valence-electron chi connectivity index (χ3n) is 3.71. The van der Waals surface area contributed by atoms with E-state index in [-0.39, 0.29) is 4.90 Å². The molecule has 0 aliphatic heterocycles. The van der Waals surface area contributed by atoms with Crippen molar-refractivity contribution in [2.24, 2.45) is 0 Å². The van der Waals surface area contributed by atoms with Gasteiger partial charge in [0.2, 0.25) is 0 Å². The second kappa shape index (κ2) is 10.2. The van der Waals surface area contributed by atoms with Crippen LogP contribution in [0.2, 0.25) is 18.7 Å². The predicted molar refractivity (Wildman–Crippen MR) is 116 cm³/mol. The number of nitrogens with zero attached hydrogens (tertiary/aromatic N) is 1. The van der Waals surface area contributed by atoms with Crippen LogP contribution in [0.15, 0.2) is 53.4 Å². The maximum absolute atomic E-state index is 12.5. The third-order valence-corrected chi connectivity index (χ3v) is 5.36. The summed E-state index contributed by atoms with van der Waals surface area (Å²) in [7, 11) is -5.81. The van der Waals surface area contributed by atoms with Crippen LogP contribution in [-0.4, -0.2) is 43.7 Å². The van der Waals surface area contributed by atoms with E-state index in [2.05, 4.69) is 16.6 Å². The molecule has 0 fully saturated rings. The molecule has 0 aliphatic carbocycles. The van der Waals surface area contributed by atoms with Crippen LogP contribution in [0.25, 0.3) is 0 Å². The molecule has 0 aromatic heterocycles. The van der Waals surface area contributed by atoms with E-state index in [4.69, 9.17) is 16.4 Å². The van der Waals surface area contributed by atoms with Crippen LogP contribution < -0.4 is 4.72 Å². The van der Waals surface area contributed by atoms with E-state index in [1.54, 1.807) is 43.3 Å². The molecule has 0 spiro atoms. The summed E-state index contributed by atoms with van der Waals surface area (Å²) < 4.78 is 32.6. The molecule has 29 heavy (non-hydrogen) atoms. The molecular weight excluding hydrogens is 413 g/mol. The van der Waals surface area contributed by atoms with Crippen LogP contribution in [0.4, 0.5) is 5.69 Å². The minimum absolute atomic E-state index is 0.0918. The Bertz CT molecular complexity index is 974. The Labute approximate surface area is 176 Å². The summed E-state index contributed by atoms with van der Waals surface area (Å²) in [4.78, 5) is 1.26. The van der Waals surface area contributed by atoms with Crippen molar-refractivity contribution in [1.82, 2.24) is 4.97 Å². The first-order valence-corrected chi connectivity index (χ1v) is 10.7. The van der Waals surface area contributed by atoms with Gasteiger partial charge in [0.25, 0.3) is 10.0 Å². The van der Waals surface area contributed by atoms with E-state index in [0.29, 0.717) is 16.3 Å². The molecule has 1 atom stereocenters. The highest BCUT2D eigenvalue weighted by Gasteiger charge is 2.25. The first-order valence-electron chi connectivity index (χ1n) is 8.80. The molecule has 0 radical (unpaired) electrons. The number of hydroxylamine groups is 1. The standard InChI is InChI=1S/C18H21B2ClN2O5S/c1-14(23(19(2)24)28-20(3)25)4-5-15-6-12-18(13-7-15)29(26,27)22-17-10-8-16(21)9-11-17/h6-14,22,24-25H,1-3H3. The fourth-order valence-corrected chi connectivity index (χ4v) is 3.56. The highest BCUT2D eigenvalue weighted by atomic mass is 35.5. The lowest BCUT2D eigenvalue weighted by molar-refractivity contribution is -0.0219. The minimum atomic E-state index is -3.74. The van der Waals surface area contributed by atoms with Crippen LogP contribution >= 0.6 is 11.6 Å². The van der Waals surface area contributed by atoms with Crippen molar-refractivity contribution < 1.29 is 23.2 Å². The Hall–Kier alpha value is -1.99. The van der Waals surface area contributed by atoms with Gasteiger partial charge >= 0.3 is 14.2 Å². The monoisotopic (exact) mass is 434 g/mol. The highest BCUT2D eigenvalue weighted by molar-refractivity contribution is 7.92. The third kappa shape index (κ3) is 7.08. The van der Waals surface area contributed by atoms with Gasteiger partial charge in [0.05, 0.1) is 10.9 Å². The van der Waals surface area contributed by atoms with Crippen LogP contribution in [0.1, 0.15) is 12.5 Å². The van der Waals surface area contributed by atoms with Gasteiger partial charge in [0, 0.05) is 16.3 Å². The Kier molecular flexibility index (Phi) is 8.16. The summed E-state index contributed by atoms with van der Waals surface area (Å²) in [6.45, 7) is 4.62. The normalized spacial score (nSPS) is 12.1. The topological polar surface area (TPSA) is 99.1 Å². The van der Waals surface area contributed by atoms with Crippen LogP contribution in [-0.2, 0) is 14.8 Å². The van der Waals surface area contributed by atoms with Crippen LogP contribution in [0.5, 0.6) is 0 Å². The number of sulfonamides is 1. The summed E-state index contributed by atoms with van der Waals surface area (Å²) in [6.07, 6.45) is 0. The van der Waals surface area contributed by atoms with Gasteiger partial charge in [0.15, 0.2) is 0 Å².